The van der Waals surface area contributed by atoms with Crippen molar-refractivity contribution in [3.8, 4) is 34.1 Å². The molecule has 0 saturated heterocycles. The fraction of sp³-hybridized carbons (Fsp3) is 0.0400. The van der Waals surface area contributed by atoms with E-state index in [0.717, 1.165) is 11.3 Å². The third-order valence-corrected chi connectivity index (χ3v) is 5.49. The molecule has 0 aliphatic heterocycles. The van der Waals surface area contributed by atoms with Gasteiger partial charge in [-0.05, 0) is 48.0 Å². The number of nitrogens with two attached hydrogens (primary N) is 2. The van der Waals surface area contributed by atoms with Crippen molar-refractivity contribution >= 4 is 40.6 Å². The van der Waals surface area contributed by atoms with Crippen molar-refractivity contribution in [2.75, 3.05) is 17.6 Å². The molecule has 7 nitrogen and oxygen atoms in total. The molecule has 0 radical (unpaired) electrons. The third kappa shape index (κ3) is 5.74. The van der Waals surface area contributed by atoms with Gasteiger partial charge in [-0.1, -0.05) is 53.5 Å². The quantitative estimate of drug-likeness (QED) is 0.189. The van der Waals surface area contributed by atoms with E-state index >= 15 is 0 Å². The molecule has 3 aromatic carbocycles. The number of rotatable bonds is 8. The van der Waals surface area contributed by atoms with E-state index in [-0.39, 0.29) is 23.1 Å². The van der Waals surface area contributed by atoms with Crippen molar-refractivity contribution in [1.29, 1.82) is 0 Å². The number of anilines is 2. The van der Waals surface area contributed by atoms with Crippen molar-refractivity contribution < 1.29 is 18.7 Å². The lowest BCUT2D eigenvalue weighted by Gasteiger charge is -2.15. The van der Waals surface area contributed by atoms with Crippen LogP contribution >= 0.6 is 23.2 Å². The van der Waals surface area contributed by atoms with Crippen LogP contribution in [0, 0.1) is 5.95 Å². The molecule has 0 saturated carbocycles. The fourth-order valence-corrected chi connectivity index (χ4v) is 3.63. The van der Waals surface area contributed by atoms with Gasteiger partial charge in [-0.25, -0.2) is 0 Å². The number of ether oxygens (including phenoxy) is 2. The molecule has 1 amide bonds. The van der Waals surface area contributed by atoms with Crippen molar-refractivity contribution in [2.45, 2.75) is 0 Å². The monoisotopic (exact) mass is 512 g/mol. The SMILES string of the molecule is NC(=O)CNc1nc(F)c(Cl)c(Oc2ccc(N)c(-c3ccc(Oc4ccccc4)cc3)c2)c1Cl. The first-order valence-corrected chi connectivity index (χ1v) is 11.0. The van der Waals surface area contributed by atoms with E-state index in [2.05, 4.69) is 10.3 Å². The highest BCUT2D eigenvalue weighted by Gasteiger charge is 2.20. The molecule has 0 aliphatic carbocycles. The minimum atomic E-state index is -1.03. The molecule has 1 heterocycles. The van der Waals surface area contributed by atoms with Crippen LogP contribution in [0.25, 0.3) is 11.1 Å². The fourth-order valence-electron chi connectivity index (χ4n) is 3.17. The highest BCUT2D eigenvalue weighted by Crippen LogP contribution is 2.42. The second kappa shape index (κ2) is 10.5. The third-order valence-electron chi connectivity index (χ3n) is 4.82. The first kappa shape index (κ1) is 24.1. The van der Waals surface area contributed by atoms with Gasteiger partial charge in [0.1, 0.15) is 27.3 Å². The zero-order valence-corrected chi connectivity index (χ0v) is 19.6. The number of hydrogen-bond acceptors (Lipinski definition) is 6. The largest absolute Gasteiger partial charge is 0.457 e. The predicted octanol–water partition coefficient (Wildman–Crippen LogP) is 6.26. The number of halogens is 3. The number of nitrogens with zero attached hydrogens (tertiary/aromatic N) is 1. The number of carbonyl (C=O) groups excluding carboxylic acids is 1. The van der Waals surface area contributed by atoms with Crippen LogP contribution in [0.4, 0.5) is 15.9 Å². The average molecular weight is 513 g/mol. The summed E-state index contributed by atoms with van der Waals surface area (Å²) in [6.07, 6.45) is 0. The predicted molar refractivity (Wildman–Crippen MR) is 135 cm³/mol. The molecule has 5 N–H and O–H groups in total. The van der Waals surface area contributed by atoms with Gasteiger partial charge in [-0.2, -0.15) is 9.37 Å². The highest BCUT2D eigenvalue weighted by molar-refractivity contribution is 6.38. The van der Waals surface area contributed by atoms with Gasteiger partial charge in [-0.15, -0.1) is 0 Å². The molecule has 0 spiro atoms. The van der Waals surface area contributed by atoms with Crippen LogP contribution in [-0.2, 0) is 4.79 Å². The molecule has 0 aliphatic rings. The number of nitrogen functional groups attached to an aromatic ring is 1. The van der Waals surface area contributed by atoms with E-state index in [0.29, 0.717) is 22.7 Å². The Hall–Kier alpha value is -4.01. The Labute approximate surface area is 210 Å². The topological polar surface area (TPSA) is 112 Å². The van der Waals surface area contributed by atoms with E-state index in [4.69, 9.17) is 44.1 Å². The maximum atomic E-state index is 14.3. The molecule has 0 unspecified atom stereocenters. The van der Waals surface area contributed by atoms with Gasteiger partial charge in [0.15, 0.2) is 11.6 Å². The molecule has 4 rings (SSSR count). The summed E-state index contributed by atoms with van der Waals surface area (Å²) in [5.74, 6) is -0.325. The van der Waals surface area contributed by atoms with E-state index < -0.39 is 16.9 Å². The number of para-hydroxylation sites is 1. The van der Waals surface area contributed by atoms with Gasteiger partial charge in [0.25, 0.3) is 0 Å². The number of pyridine rings is 1. The van der Waals surface area contributed by atoms with Crippen LogP contribution in [0.2, 0.25) is 10.0 Å². The summed E-state index contributed by atoms with van der Waals surface area (Å²) in [7, 11) is 0. The first-order valence-electron chi connectivity index (χ1n) is 10.3. The minimum Gasteiger partial charge on any atom is -0.457 e. The van der Waals surface area contributed by atoms with Crippen molar-refractivity contribution in [3.05, 3.63) is 88.8 Å². The molecule has 0 bridgehead atoms. The molecule has 0 fully saturated rings. The summed E-state index contributed by atoms with van der Waals surface area (Å²) in [5, 5.41) is 2.02. The van der Waals surface area contributed by atoms with Crippen molar-refractivity contribution in [2.24, 2.45) is 5.73 Å². The van der Waals surface area contributed by atoms with Gasteiger partial charge in [-0.3, -0.25) is 4.79 Å². The Kier molecular flexibility index (Phi) is 7.24. The Morgan fingerprint density at radius 1 is 0.914 bits per heavy atom. The highest BCUT2D eigenvalue weighted by atomic mass is 35.5. The summed E-state index contributed by atoms with van der Waals surface area (Å²) >= 11 is 12.3. The zero-order valence-electron chi connectivity index (χ0n) is 18.1. The van der Waals surface area contributed by atoms with E-state index in [9.17, 15) is 9.18 Å². The van der Waals surface area contributed by atoms with Gasteiger partial charge >= 0.3 is 0 Å². The molecule has 10 heteroatoms. The number of nitrogens with one attached hydrogen (secondary N) is 1. The van der Waals surface area contributed by atoms with E-state index in [1.54, 1.807) is 18.2 Å². The van der Waals surface area contributed by atoms with Crippen LogP contribution in [0.15, 0.2) is 72.8 Å². The smallest absolute Gasteiger partial charge is 0.237 e. The van der Waals surface area contributed by atoms with Crippen LogP contribution in [-0.4, -0.2) is 17.4 Å². The lowest BCUT2D eigenvalue weighted by molar-refractivity contribution is -0.116. The number of aromatic nitrogens is 1. The van der Waals surface area contributed by atoms with Gasteiger partial charge < -0.3 is 26.3 Å². The second-order valence-corrected chi connectivity index (χ2v) is 8.07. The van der Waals surface area contributed by atoms with Crippen LogP contribution in [0.3, 0.4) is 0 Å². The van der Waals surface area contributed by atoms with Gasteiger partial charge in [0.05, 0.1) is 6.54 Å². The molecule has 4 aromatic rings. The molecule has 1 aromatic heterocycles. The second-order valence-electron chi connectivity index (χ2n) is 7.32. The summed E-state index contributed by atoms with van der Waals surface area (Å²) in [6, 6.07) is 21.7. The standard InChI is InChI=1S/C25H19Cl2FN4O3/c26-21-23(22(27)25(32-24(21)28)31-13-20(30)33)35-17-10-11-19(29)18(12-17)14-6-8-16(9-7-14)34-15-4-2-1-3-5-15/h1-12H,13,29H2,(H2,30,33)(H,31,32). The molecule has 178 valence electrons. The average Bonchev–Trinajstić information content (AvgIpc) is 2.85. The van der Waals surface area contributed by atoms with Crippen LogP contribution in [0.5, 0.6) is 23.0 Å². The number of carbonyl (C=O) groups is 1. The number of primary amides is 1. The number of amides is 1. The van der Waals surface area contributed by atoms with Crippen LogP contribution in [0.1, 0.15) is 0 Å². The van der Waals surface area contributed by atoms with Crippen molar-refractivity contribution in [3.63, 3.8) is 0 Å². The lowest BCUT2D eigenvalue weighted by Crippen LogP contribution is -2.22. The Bertz CT molecular complexity index is 1370. The minimum absolute atomic E-state index is 0.113. The number of hydrogen-bond donors (Lipinski definition) is 3. The number of benzene rings is 3. The Balaban J connectivity index is 1.60. The van der Waals surface area contributed by atoms with Crippen molar-refractivity contribution in [1.82, 2.24) is 4.98 Å². The van der Waals surface area contributed by atoms with Crippen LogP contribution < -0.4 is 26.3 Å². The normalized spacial score (nSPS) is 10.6. The molecular formula is C25H19Cl2FN4O3. The Morgan fingerprint density at radius 2 is 1.57 bits per heavy atom. The van der Waals surface area contributed by atoms with Gasteiger partial charge in [0.2, 0.25) is 11.9 Å². The molecular weight excluding hydrogens is 494 g/mol. The summed E-state index contributed by atoms with van der Waals surface area (Å²) in [6.45, 7) is -0.302. The lowest BCUT2D eigenvalue weighted by atomic mass is 10.0. The zero-order chi connectivity index (χ0) is 24.9. The van der Waals surface area contributed by atoms with Gasteiger partial charge in [0, 0.05) is 11.3 Å². The maximum absolute atomic E-state index is 14.3. The first-order chi connectivity index (χ1) is 16.8. The summed E-state index contributed by atoms with van der Waals surface area (Å²) in [4.78, 5) is 14.6. The molecule has 35 heavy (non-hydrogen) atoms. The van der Waals surface area contributed by atoms with E-state index in [1.807, 2.05) is 54.6 Å². The Morgan fingerprint density at radius 3 is 2.26 bits per heavy atom. The maximum Gasteiger partial charge on any atom is 0.237 e. The van der Waals surface area contributed by atoms with E-state index in [1.165, 1.54) is 0 Å². The molecule has 0 atom stereocenters. The summed E-state index contributed by atoms with van der Waals surface area (Å²) in [5.41, 5.74) is 13.3. The summed E-state index contributed by atoms with van der Waals surface area (Å²) < 4.78 is 25.9.